The summed E-state index contributed by atoms with van der Waals surface area (Å²) in [5, 5.41) is 3.93. The molecule has 1 aliphatic rings. The predicted molar refractivity (Wildman–Crippen MR) is 62.4 cm³/mol. The van der Waals surface area contributed by atoms with Gasteiger partial charge in [0.25, 0.3) is 5.56 Å². The molecule has 1 saturated heterocycles. The quantitative estimate of drug-likeness (QED) is 0.698. The monoisotopic (exact) mass is 253 g/mol. The maximum absolute atomic E-state index is 11.9. The van der Waals surface area contributed by atoms with E-state index in [1.54, 1.807) is 4.90 Å². The maximum atomic E-state index is 11.9. The number of amides is 1. The van der Waals surface area contributed by atoms with Crippen molar-refractivity contribution in [2.45, 2.75) is 6.54 Å². The third-order valence-corrected chi connectivity index (χ3v) is 2.70. The van der Waals surface area contributed by atoms with E-state index in [0.29, 0.717) is 32.2 Å². The summed E-state index contributed by atoms with van der Waals surface area (Å²) in [4.78, 5) is 25.2. The number of hydrogen-bond donors (Lipinski definition) is 0. The molecule has 1 aromatic heterocycles. The zero-order chi connectivity index (χ0) is 13.0. The number of nitrogens with zero attached hydrogens (tertiary/aromatic N) is 3. The lowest BCUT2D eigenvalue weighted by molar-refractivity contribution is -0.136. The highest BCUT2D eigenvalue weighted by atomic mass is 16.5. The first-order valence-corrected chi connectivity index (χ1v) is 5.68. The number of rotatable bonds is 3. The van der Waals surface area contributed by atoms with Gasteiger partial charge in [0.15, 0.2) is 0 Å². The predicted octanol–water partition coefficient (Wildman–Crippen LogP) is -0.889. The third-order valence-electron chi connectivity index (χ3n) is 2.70. The molecular weight excluding hydrogens is 238 g/mol. The molecule has 7 nitrogen and oxygen atoms in total. The molecule has 18 heavy (non-hydrogen) atoms. The normalized spacial score (nSPS) is 15.5. The van der Waals surface area contributed by atoms with E-state index < -0.39 is 0 Å². The molecule has 0 spiro atoms. The summed E-state index contributed by atoms with van der Waals surface area (Å²) in [6.45, 7) is 2.10. The van der Waals surface area contributed by atoms with Gasteiger partial charge >= 0.3 is 0 Å². The van der Waals surface area contributed by atoms with Crippen LogP contribution >= 0.6 is 0 Å². The van der Waals surface area contributed by atoms with Gasteiger partial charge in [-0.1, -0.05) is 0 Å². The molecular formula is C11H15N3O4. The van der Waals surface area contributed by atoms with Crippen LogP contribution in [-0.2, 0) is 16.1 Å². The molecule has 1 fully saturated rings. The molecule has 0 atom stereocenters. The van der Waals surface area contributed by atoms with E-state index >= 15 is 0 Å². The van der Waals surface area contributed by atoms with Crippen LogP contribution in [0.4, 0.5) is 0 Å². The zero-order valence-corrected chi connectivity index (χ0v) is 10.2. The smallest absolute Gasteiger partial charge is 0.267 e. The lowest BCUT2D eigenvalue weighted by Crippen LogP contribution is -2.43. The first kappa shape index (κ1) is 12.6. The second-order valence-corrected chi connectivity index (χ2v) is 3.86. The lowest BCUT2D eigenvalue weighted by Gasteiger charge is -2.26. The Hall–Kier alpha value is -1.89. The van der Waals surface area contributed by atoms with E-state index in [1.165, 1.54) is 19.2 Å². The molecule has 2 rings (SSSR count). The first-order valence-electron chi connectivity index (χ1n) is 5.68. The Kier molecular flexibility index (Phi) is 3.93. The fourth-order valence-electron chi connectivity index (χ4n) is 1.69. The van der Waals surface area contributed by atoms with Crippen LogP contribution in [0.2, 0.25) is 0 Å². The Labute approximate surface area is 104 Å². The van der Waals surface area contributed by atoms with Crippen molar-refractivity contribution < 1.29 is 14.3 Å². The van der Waals surface area contributed by atoms with E-state index in [2.05, 4.69) is 5.10 Å². The number of methoxy groups -OCH3 is 1. The van der Waals surface area contributed by atoms with Crippen LogP contribution in [-0.4, -0.2) is 54.0 Å². The van der Waals surface area contributed by atoms with E-state index in [-0.39, 0.29) is 18.0 Å². The van der Waals surface area contributed by atoms with E-state index in [9.17, 15) is 9.59 Å². The van der Waals surface area contributed by atoms with Crippen LogP contribution in [0.1, 0.15) is 0 Å². The number of ether oxygens (including phenoxy) is 2. The molecule has 1 aromatic rings. The molecule has 1 amide bonds. The molecule has 0 unspecified atom stereocenters. The zero-order valence-electron chi connectivity index (χ0n) is 10.2. The highest BCUT2D eigenvalue weighted by molar-refractivity contribution is 5.75. The van der Waals surface area contributed by atoms with Crippen LogP contribution in [0.5, 0.6) is 5.88 Å². The summed E-state index contributed by atoms with van der Waals surface area (Å²) in [5.74, 6) is 0.172. The van der Waals surface area contributed by atoms with Gasteiger partial charge in [-0.25, -0.2) is 4.68 Å². The molecule has 1 aliphatic heterocycles. The van der Waals surface area contributed by atoms with Crippen molar-refractivity contribution >= 4 is 5.91 Å². The topological polar surface area (TPSA) is 73.7 Å². The van der Waals surface area contributed by atoms with Crippen molar-refractivity contribution in [3.63, 3.8) is 0 Å². The van der Waals surface area contributed by atoms with Crippen LogP contribution in [0, 0.1) is 0 Å². The minimum absolute atomic E-state index is 0.0734. The van der Waals surface area contributed by atoms with Gasteiger partial charge in [-0.15, -0.1) is 5.10 Å². The Morgan fingerprint density at radius 3 is 2.83 bits per heavy atom. The molecule has 0 aromatic carbocycles. The van der Waals surface area contributed by atoms with Crippen LogP contribution in [0.25, 0.3) is 0 Å². The second-order valence-electron chi connectivity index (χ2n) is 3.86. The van der Waals surface area contributed by atoms with Gasteiger partial charge in [-0.2, -0.15) is 0 Å². The number of hydrogen-bond acceptors (Lipinski definition) is 5. The maximum Gasteiger partial charge on any atom is 0.267 e. The van der Waals surface area contributed by atoms with Gasteiger partial charge < -0.3 is 14.4 Å². The van der Waals surface area contributed by atoms with Gasteiger partial charge in [-0.3, -0.25) is 9.59 Å². The van der Waals surface area contributed by atoms with Crippen LogP contribution in [0.3, 0.4) is 0 Å². The molecule has 0 radical (unpaired) electrons. The summed E-state index contributed by atoms with van der Waals surface area (Å²) in [5.41, 5.74) is -0.322. The number of carbonyl (C=O) groups is 1. The molecule has 0 bridgehead atoms. The van der Waals surface area contributed by atoms with Crippen molar-refractivity contribution in [3.8, 4) is 5.88 Å². The van der Waals surface area contributed by atoms with Gasteiger partial charge in [0, 0.05) is 25.2 Å². The summed E-state index contributed by atoms with van der Waals surface area (Å²) < 4.78 is 11.2. The Bertz CT molecular complexity index is 479. The SMILES string of the molecule is COc1ccc(=O)n(CC(=O)N2CCOCC2)n1. The Morgan fingerprint density at radius 1 is 1.44 bits per heavy atom. The fraction of sp³-hybridized carbons (Fsp3) is 0.545. The van der Waals surface area contributed by atoms with Crippen LogP contribution < -0.4 is 10.3 Å². The number of aromatic nitrogens is 2. The van der Waals surface area contributed by atoms with Crippen molar-refractivity contribution in [1.29, 1.82) is 0 Å². The third kappa shape index (κ3) is 2.86. The molecule has 0 N–H and O–H groups in total. The highest BCUT2D eigenvalue weighted by Gasteiger charge is 2.18. The average Bonchev–Trinajstić information content (AvgIpc) is 2.42. The minimum Gasteiger partial charge on any atom is -0.480 e. The largest absolute Gasteiger partial charge is 0.480 e. The lowest BCUT2D eigenvalue weighted by atomic mass is 10.4. The summed E-state index contributed by atoms with van der Waals surface area (Å²) in [7, 11) is 1.46. The molecule has 2 heterocycles. The highest BCUT2D eigenvalue weighted by Crippen LogP contribution is 2.01. The van der Waals surface area contributed by atoms with E-state index in [1.807, 2.05) is 0 Å². The summed E-state index contributed by atoms with van der Waals surface area (Å²) in [6, 6.07) is 2.80. The van der Waals surface area contributed by atoms with E-state index in [4.69, 9.17) is 9.47 Å². The summed E-state index contributed by atoms with van der Waals surface area (Å²) >= 11 is 0. The van der Waals surface area contributed by atoms with Gasteiger partial charge in [0.1, 0.15) is 6.54 Å². The standard InChI is InChI=1S/C11H15N3O4/c1-17-9-2-3-10(15)14(12-9)8-11(16)13-4-6-18-7-5-13/h2-3H,4-8H2,1H3. The van der Waals surface area contributed by atoms with Crippen LogP contribution in [0.15, 0.2) is 16.9 Å². The van der Waals surface area contributed by atoms with Gasteiger partial charge in [-0.05, 0) is 0 Å². The Balaban J connectivity index is 2.08. The second kappa shape index (κ2) is 5.63. The summed E-state index contributed by atoms with van der Waals surface area (Å²) in [6.07, 6.45) is 0. The van der Waals surface area contributed by atoms with Gasteiger partial charge in [0.05, 0.1) is 20.3 Å². The average molecular weight is 253 g/mol. The molecule has 98 valence electrons. The van der Waals surface area contributed by atoms with E-state index in [0.717, 1.165) is 4.68 Å². The Morgan fingerprint density at radius 2 is 2.17 bits per heavy atom. The van der Waals surface area contributed by atoms with Crippen molar-refractivity contribution in [2.24, 2.45) is 0 Å². The van der Waals surface area contributed by atoms with Gasteiger partial charge in [0.2, 0.25) is 11.8 Å². The first-order chi connectivity index (χ1) is 8.70. The van der Waals surface area contributed by atoms with Crippen molar-refractivity contribution in [3.05, 3.63) is 22.5 Å². The number of morpholine rings is 1. The fourth-order valence-corrected chi connectivity index (χ4v) is 1.69. The van der Waals surface area contributed by atoms with Crippen molar-refractivity contribution in [2.75, 3.05) is 33.4 Å². The number of carbonyl (C=O) groups excluding carboxylic acids is 1. The molecule has 0 aliphatic carbocycles. The minimum atomic E-state index is -0.322. The van der Waals surface area contributed by atoms with Crippen molar-refractivity contribution in [1.82, 2.24) is 14.7 Å². The molecule has 7 heteroatoms. The molecule has 0 saturated carbocycles.